The average molecular weight is 215 g/mol. The lowest BCUT2D eigenvalue weighted by Crippen LogP contribution is -1.95. The molecular weight excluding hydrogens is 198 g/mol. The molecule has 0 radical (unpaired) electrons. The van der Waals surface area contributed by atoms with Crippen molar-refractivity contribution in [3.8, 4) is 11.1 Å². The Balaban J connectivity index is 2.31. The Hall–Kier alpha value is -1.77. The minimum Gasteiger partial charge on any atom is -0.399 e. The van der Waals surface area contributed by atoms with Crippen molar-refractivity contribution < 1.29 is 0 Å². The van der Waals surface area contributed by atoms with Crippen LogP contribution in [0, 0.1) is 6.92 Å². The molecule has 84 valence electrons. The van der Waals surface area contributed by atoms with Gasteiger partial charge in [0.25, 0.3) is 0 Å². The van der Waals surface area contributed by atoms with E-state index < -0.39 is 0 Å². The molecule has 1 aromatic carbocycles. The van der Waals surface area contributed by atoms with Crippen molar-refractivity contribution in [3.63, 3.8) is 0 Å². The quantitative estimate of drug-likeness (QED) is 0.800. The minimum atomic E-state index is 0.838. The lowest BCUT2D eigenvalue weighted by molar-refractivity contribution is 0.603. The molecule has 1 heterocycles. The number of nitrogens with zero attached hydrogens (tertiary/aromatic N) is 2. The summed E-state index contributed by atoms with van der Waals surface area (Å²) in [4.78, 5) is 0. The van der Waals surface area contributed by atoms with E-state index in [9.17, 15) is 0 Å². The first-order chi connectivity index (χ1) is 7.70. The number of hydrogen-bond acceptors (Lipinski definition) is 2. The maximum Gasteiger partial charge on any atom is 0.0568 e. The van der Waals surface area contributed by atoms with E-state index >= 15 is 0 Å². The summed E-state index contributed by atoms with van der Waals surface area (Å²) in [5.41, 5.74) is 10.1. The molecule has 0 bridgehead atoms. The second-order valence-electron chi connectivity index (χ2n) is 4.06. The second kappa shape index (κ2) is 4.39. The molecule has 0 saturated heterocycles. The minimum absolute atomic E-state index is 0.838. The Kier molecular flexibility index (Phi) is 2.95. The Morgan fingerprint density at radius 2 is 2.12 bits per heavy atom. The van der Waals surface area contributed by atoms with Gasteiger partial charge >= 0.3 is 0 Å². The van der Waals surface area contributed by atoms with Crippen LogP contribution in [0.1, 0.15) is 18.9 Å². The number of anilines is 1. The Morgan fingerprint density at radius 1 is 1.31 bits per heavy atom. The van der Waals surface area contributed by atoms with Gasteiger partial charge in [-0.15, -0.1) is 0 Å². The Morgan fingerprint density at radius 3 is 2.81 bits per heavy atom. The maximum atomic E-state index is 5.80. The first kappa shape index (κ1) is 10.7. The Bertz CT molecular complexity index is 486. The molecule has 0 atom stereocenters. The van der Waals surface area contributed by atoms with E-state index in [2.05, 4.69) is 24.3 Å². The predicted octanol–water partition coefficient (Wildman–Crippen LogP) is 2.85. The van der Waals surface area contributed by atoms with Crippen LogP contribution in [0.15, 0.2) is 30.6 Å². The molecule has 2 N–H and O–H groups in total. The first-order valence-corrected chi connectivity index (χ1v) is 5.59. The molecule has 0 spiro atoms. The van der Waals surface area contributed by atoms with E-state index in [-0.39, 0.29) is 0 Å². The number of rotatable bonds is 3. The third-order valence-electron chi connectivity index (χ3n) is 2.69. The molecule has 0 aliphatic heterocycles. The number of nitrogen functional groups attached to an aromatic ring is 1. The van der Waals surface area contributed by atoms with Gasteiger partial charge in [0.05, 0.1) is 6.20 Å². The highest BCUT2D eigenvalue weighted by atomic mass is 15.3. The van der Waals surface area contributed by atoms with Gasteiger partial charge in [0.1, 0.15) is 0 Å². The van der Waals surface area contributed by atoms with Gasteiger partial charge in [-0.2, -0.15) is 5.10 Å². The zero-order chi connectivity index (χ0) is 11.5. The summed E-state index contributed by atoms with van der Waals surface area (Å²) in [5.74, 6) is 0. The van der Waals surface area contributed by atoms with Gasteiger partial charge in [-0.1, -0.05) is 13.0 Å². The molecule has 3 heteroatoms. The summed E-state index contributed by atoms with van der Waals surface area (Å²) < 4.78 is 1.97. The van der Waals surface area contributed by atoms with Crippen LogP contribution in [0.3, 0.4) is 0 Å². The molecule has 0 aliphatic rings. The SMILES string of the molecule is CCCn1cc(-c2ccc(N)c(C)c2)cn1. The molecular formula is C13H17N3. The van der Waals surface area contributed by atoms with Crippen molar-refractivity contribution in [2.45, 2.75) is 26.8 Å². The van der Waals surface area contributed by atoms with Gasteiger partial charge in [-0.25, -0.2) is 0 Å². The first-order valence-electron chi connectivity index (χ1n) is 5.59. The third kappa shape index (κ3) is 2.08. The lowest BCUT2D eigenvalue weighted by atomic mass is 10.1. The fourth-order valence-corrected chi connectivity index (χ4v) is 1.72. The molecule has 16 heavy (non-hydrogen) atoms. The van der Waals surface area contributed by atoms with E-state index in [0.717, 1.165) is 29.8 Å². The second-order valence-corrected chi connectivity index (χ2v) is 4.06. The van der Waals surface area contributed by atoms with Gasteiger partial charge < -0.3 is 5.73 Å². The van der Waals surface area contributed by atoms with Crippen LogP contribution in [-0.2, 0) is 6.54 Å². The van der Waals surface area contributed by atoms with Gasteiger partial charge in [-0.05, 0) is 36.6 Å². The zero-order valence-corrected chi connectivity index (χ0v) is 9.77. The zero-order valence-electron chi connectivity index (χ0n) is 9.77. The highest BCUT2D eigenvalue weighted by molar-refractivity contribution is 5.66. The fourth-order valence-electron chi connectivity index (χ4n) is 1.72. The summed E-state index contributed by atoms with van der Waals surface area (Å²) in [6.45, 7) is 5.14. The molecule has 0 unspecified atom stereocenters. The fraction of sp³-hybridized carbons (Fsp3) is 0.308. The summed E-state index contributed by atoms with van der Waals surface area (Å²) in [5, 5.41) is 4.32. The average Bonchev–Trinajstić information content (AvgIpc) is 2.71. The third-order valence-corrected chi connectivity index (χ3v) is 2.69. The summed E-state index contributed by atoms with van der Waals surface area (Å²) in [6.07, 6.45) is 5.08. The van der Waals surface area contributed by atoms with Crippen molar-refractivity contribution in [2.24, 2.45) is 0 Å². The van der Waals surface area contributed by atoms with Gasteiger partial charge in [0.15, 0.2) is 0 Å². The van der Waals surface area contributed by atoms with E-state index in [4.69, 9.17) is 5.73 Å². The lowest BCUT2D eigenvalue weighted by Gasteiger charge is -2.02. The number of aromatic nitrogens is 2. The van der Waals surface area contributed by atoms with E-state index in [1.54, 1.807) is 0 Å². The monoisotopic (exact) mass is 215 g/mol. The van der Waals surface area contributed by atoms with Crippen LogP contribution < -0.4 is 5.73 Å². The smallest absolute Gasteiger partial charge is 0.0568 e. The van der Waals surface area contributed by atoms with Crippen LogP contribution in [0.4, 0.5) is 5.69 Å². The number of aryl methyl sites for hydroxylation is 2. The van der Waals surface area contributed by atoms with Crippen LogP contribution in [0.2, 0.25) is 0 Å². The standard InChI is InChI=1S/C13H17N3/c1-3-6-16-9-12(8-15-16)11-4-5-13(14)10(2)7-11/h4-5,7-9H,3,6,14H2,1-2H3. The van der Waals surface area contributed by atoms with Crippen molar-refractivity contribution >= 4 is 5.69 Å². The van der Waals surface area contributed by atoms with Crippen LogP contribution in [0.25, 0.3) is 11.1 Å². The summed E-state index contributed by atoms with van der Waals surface area (Å²) >= 11 is 0. The molecule has 0 fully saturated rings. The van der Waals surface area contributed by atoms with E-state index in [0.29, 0.717) is 0 Å². The number of nitrogens with two attached hydrogens (primary N) is 1. The molecule has 3 nitrogen and oxygen atoms in total. The van der Waals surface area contributed by atoms with Crippen molar-refractivity contribution in [3.05, 3.63) is 36.2 Å². The van der Waals surface area contributed by atoms with Crippen molar-refractivity contribution in [1.82, 2.24) is 9.78 Å². The van der Waals surface area contributed by atoms with Crippen LogP contribution in [-0.4, -0.2) is 9.78 Å². The molecule has 0 aliphatic carbocycles. The number of hydrogen-bond donors (Lipinski definition) is 1. The molecule has 0 saturated carbocycles. The topological polar surface area (TPSA) is 43.8 Å². The van der Waals surface area contributed by atoms with Gasteiger partial charge in [0.2, 0.25) is 0 Å². The molecule has 2 aromatic rings. The number of benzene rings is 1. The Labute approximate surface area is 95.9 Å². The van der Waals surface area contributed by atoms with Gasteiger partial charge in [-0.3, -0.25) is 4.68 Å². The van der Waals surface area contributed by atoms with E-state index in [1.165, 1.54) is 5.56 Å². The molecule has 2 rings (SSSR count). The van der Waals surface area contributed by atoms with Crippen molar-refractivity contribution in [2.75, 3.05) is 5.73 Å². The van der Waals surface area contributed by atoms with Crippen LogP contribution >= 0.6 is 0 Å². The maximum absolute atomic E-state index is 5.80. The molecule has 0 amide bonds. The highest BCUT2D eigenvalue weighted by Gasteiger charge is 2.02. The van der Waals surface area contributed by atoms with Crippen LogP contribution in [0.5, 0.6) is 0 Å². The highest BCUT2D eigenvalue weighted by Crippen LogP contribution is 2.22. The normalized spacial score (nSPS) is 10.6. The largest absolute Gasteiger partial charge is 0.399 e. The molecule has 1 aromatic heterocycles. The van der Waals surface area contributed by atoms with Gasteiger partial charge in [0, 0.05) is 24.0 Å². The van der Waals surface area contributed by atoms with Crippen molar-refractivity contribution in [1.29, 1.82) is 0 Å². The summed E-state index contributed by atoms with van der Waals surface area (Å²) in [6, 6.07) is 6.08. The van der Waals surface area contributed by atoms with E-state index in [1.807, 2.05) is 29.9 Å². The summed E-state index contributed by atoms with van der Waals surface area (Å²) in [7, 11) is 0. The predicted molar refractivity (Wildman–Crippen MR) is 67.1 cm³/mol.